The lowest BCUT2D eigenvalue weighted by molar-refractivity contribution is 0.0930. The van der Waals surface area contributed by atoms with Crippen molar-refractivity contribution in [1.82, 2.24) is 20.2 Å². The number of hydrogen-bond donors (Lipinski definition) is 3. The topological polar surface area (TPSA) is 114 Å². The largest absolute Gasteiger partial charge is 0.504 e. The fraction of sp³-hybridized carbons (Fsp3) is 0.414. The van der Waals surface area contributed by atoms with Gasteiger partial charge in [-0.15, -0.1) is 0 Å². The van der Waals surface area contributed by atoms with Crippen LogP contribution in [0.1, 0.15) is 79.0 Å². The Balaban J connectivity index is 1.34. The van der Waals surface area contributed by atoms with Crippen molar-refractivity contribution in [2.24, 2.45) is 7.05 Å². The third-order valence-corrected chi connectivity index (χ3v) is 7.70. The molecule has 3 aromatic heterocycles. The highest BCUT2D eigenvalue weighted by molar-refractivity contribution is 5.92. The number of ether oxygens (including phenoxy) is 1. The summed E-state index contributed by atoms with van der Waals surface area (Å²) in [6.45, 7) is 14.5. The molecule has 3 N–H and O–H groups in total. The van der Waals surface area contributed by atoms with Crippen molar-refractivity contribution in [3.05, 3.63) is 58.0 Å². The summed E-state index contributed by atoms with van der Waals surface area (Å²) in [6, 6.07) is 7.03. The second-order valence-corrected chi connectivity index (χ2v) is 11.6. The van der Waals surface area contributed by atoms with Gasteiger partial charge in [-0.2, -0.15) is 5.10 Å². The van der Waals surface area contributed by atoms with E-state index in [0.29, 0.717) is 11.6 Å². The van der Waals surface area contributed by atoms with Gasteiger partial charge in [-0.05, 0) is 73.3 Å². The maximum Gasteiger partial charge on any atom is 0.305 e. The summed E-state index contributed by atoms with van der Waals surface area (Å²) in [5, 5.41) is 16.7. The zero-order valence-corrected chi connectivity index (χ0v) is 23.2. The molecule has 0 spiro atoms. The van der Waals surface area contributed by atoms with E-state index in [9.17, 15) is 9.90 Å². The number of carbonyl (C=O) groups excluding carboxylic acids is 1. The predicted molar refractivity (Wildman–Crippen MR) is 146 cm³/mol. The molecular formula is C29H35N5O4. The summed E-state index contributed by atoms with van der Waals surface area (Å²) in [7, 11) is 1.83. The van der Waals surface area contributed by atoms with Crippen molar-refractivity contribution in [3.63, 3.8) is 0 Å². The van der Waals surface area contributed by atoms with Crippen LogP contribution in [0.2, 0.25) is 0 Å². The van der Waals surface area contributed by atoms with E-state index in [1.54, 1.807) is 10.7 Å². The molecule has 0 aliphatic heterocycles. The van der Waals surface area contributed by atoms with Crippen molar-refractivity contribution in [2.45, 2.75) is 72.1 Å². The van der Waals surface area contributed by atoms with E-state index in [-0.39, 0.29) is 28.3 Å². The molecule has 0 atom stereocenters. The minimum absolute atomic E-state index is 0.0396. The van der Waals surface area contributed by atoms with E-state index in [0.717, 1.165) is 51.8 Å². The molecule has 38 heavy (non-hydrogen) atoms. The lowest BCUT2D eigenvalue weighted by Gasteiger charge is -2.42. The lowest BCUT2D eigenvalue weighted by atomic mass is 9.62. The van der Waals surface area contributed by atoms with Crippen LogP contribution < -0.4 is 15.6 Å². The maximum atomic E-state index is 12.8. The summed E-state index contributed by atoms with van der Waals surface area (Å²) in [5.41, 5.74) is 10.7. The first-order valence-corrected chi connectivity index (χ1v) is 12.8. The van der Waals surface area contributed by atoms with Gasteiger partial charge in [0.25, 0.3) is 5.95 Å². The van der Waals surface area contributed by atoms with Crippen LogP contribution in [-0.2, 0) is 17.9 Å². The summed E-state index contributed by atoms with van der Waals surface area (Å²) in [4.78, 5) is 17.3. The number of hydrazine groups is 1. The van der Waals surface area contributed by atoms with Gasteiger partial charge in [0.15, 0.2) is 22.9 Å². The van der Waals surface area contributed by atoms with E-state index in [4.69, 9.17) is 9.15 Å². The van der Waals surface area contributed by atoms with E-state index in [1.165, 1.54) is 6.07 Å². The van der Waals surface area contributed by atoms with Crippen LogP contribution in [0.3, 0.4) is 0 Å². The van der Waals surface area contributed by atoms with Crippen LogP contribution in [0.15, 0.2) is 28.7 Å². The monoisotopic (exact) mass is 517 g/mol. The normalized spacial score (nSPS) is 15.8. The summed E-state index contributed by atoms with van der Waals surface area (Å²) in [5.74, 6) is 0.627. The van der Waals surface area contributed by atoms with E-state index in [1.807, 2.05) is 33.9 Å². The Morgan fingerprint density at radius 3 is 2.53 bits per heavy atom. The number of aryl methyl sites for hydroxylation is 4. The number of fused-ring (bicyclic) bond motifs is 2. The van der Waals surface area contributed by atoms with Crippen molar-refractivity contribution in [3.8, 4) is 17.4 Å². The molecule has 0 saturated carbocycles. The zero-order chi connectivity index (χ0) is 27.6. The minimum Gasteiger partial charge on any atom is -0.504 e. The Morgan fingerprint density at radius 1 is 1.08 bits per heavy atom. The number of amides is 1. The number of rotatable bonds is 5. The minimum atomic E-state index is -0.491. The van der Waals surface area contributed by atoms with Gasteiger partial charge in [0.05, 0.1) is 5.69 Å². The third kappa shape index (κ3) is 4.25. The number of benzene rings is 1. The SMILES string of the molecule is Cc1cc2c(c(O)c1Oc1ccc(C(=O)NNc3cc(C)c4c(C)nn(C)c4n3)o1)C(C)(C)CCC2(C)C. The van der Waals surface area contributed by atoms with Gasteiger partial charge < -0.3 is 14.3 Å². The molecule has 0 saturated heterocycles. The number of anilines is 1. The Labute approximate surface area is 222 Å². The van der Waals surface area contributed by atoms with Crippen LogP contribution >= 0.6 is 0 Å². The Morgan fingerprint density at radius 2 is 1.79 bits per heavy atom. The zero-order valence-electron chi connectivity index (χ0n) is 23.2. The van der Waals surface area contributed by atoms with E-state index < -0.39 is 5.91 Å². The average Bonchev–Trinajstić information content (AvgIpc) is 3.42. The lowest BCUT2D eigenvalue weighted by Crippen LogP contribution is -2.34. The number of phenols is 1. The molecule has 200 valence electrons. The Hall–Kier alpha value is -4.01. The number of hydrogen-bond acceptors (Lipinski definition) is 7. The van der Waals surface area contributed by atoms with Crippen LogP contribution in [0.25, 0.3) is 11.0 Å². The fourth-order valence-electron chi connectivity index (χ4n) is 5.52. The van der Waals surface area contributed by atoms with E-state index in [2.05, 4.69) is 54.7 Å². The molecule has 1 amide bonds. The van der Waals surface area contributed by atoms with Gasteiger partial charge in [0.1, 0.15) is 5.82 Å². The molecule has 1 aliphatic carbocycles. The van der Waals surface area contributed by atoms with Gasteiger partial charge in [0.2, 0.25) is 0 Å². The Kier molecular flexibility index (Phi) is 5.93. The van der Waals surface area contributed by atoms with Crippen molar-refractivity contribution < 1.29 is 19.1 Å². The molecule has 4 aromatic rings. The van der Waals surface area contributed by atoms with E-state index >= 15 is 0 Å². The molecule has 0 bridgehead atoms. The number of nitrogens with one attached hydrogen (secondary N) is 2. The third-order valence-electron chi connectivity index (χ3n) is 7.70. The number of pyridine rings is 1. The summed E-state index contributed by atoms with van der Waals surface area (Å²) in [6.07, 6.45) is 2.00. The van der Waals surface area contributed by atoms with Gasteiger partial charge in [-0.1, -0.05) is 33.8 Å². The predicted octanol–water partition coefficient (Wildman–Crippen LogP) is 6.09. The van der Waals surface area contributed by atoms with Gasteiger partial charge in [-0.3, -0.25) is 20.3 Å². The summed E-state index contributed by atoms with van der Waals surface area (Å²) < 4.78 is 13.4. The highest BCUT2D eigenvalue weighted by atomic mass is 16.6. The number of aromatic hydroxyl groups is 1. The second-order valence-electron chi connectivity index (χ2n) is 11.6. The molecule has 0 unspecified atom stereocenters. The number of aromatic nitrogens is 3. The number of furan rings is 1. The number of phenolic OH excluding ortho intramolecular Hbond substituents is 1. The first kappa shape index (κ1) is 25.6. The molecule has 9 nitrogen and oxygen atoms in total. The van der Waals surface area contributed by atoms with Crippen LogP contribution in [0.5, 0.6) is 17.4 Å². The van der Waals surface area contributed by atoms with Gasteiger partial charge in [0, 0.05) is 24.1 Å². The molecule has 0 fully saturated rings. The van der Waals surface area contributed by atoms with Crippen molar-refractivity contribution in [2.75, 3.05) is 5.43 Å². The Bertz CT molecular complexity index is 1580. The van der Waals surface area contributed by atoms with Crippen LogP contribution in [0.4, 0.5) is 5.82 Å². The fourth-order valence-corrected chi connectivity index (χ4v) is 5.52. The molecule has 9 heteroatoms. The van der Waals surface area contributed by atoms with Crippen molar-refractivity contribution in [1.29, 1.82) is 0 Å². The quantitative estimate of drug-likeness (QED) is 0.274. The van der Waals surface area contributed by atoms with Crippen molar-refractivity contribution >= 4 is 22.8 Å². The molecule has 0 radical (unpaired) electrons. The molecular weight excluding hydrogens is 482 g/mol. The van der Waals surface area contributed by atoms with Gasteiger partial charge in [-0.25, -0.2) is 4.98 Å². The first-order valence-electron chi connectivity index (χ1n) is 12.8. The first-order chi connectivity index (χ1) is 17.8. The highest BCUT2D eigenvalue weighted by Gasteiger charge is 2.40. The summed E-state index contributed by atoms with van der Waals surface area (Å²) >= 11 is 0. The maximum absolute atomic E-state index is 12.8. The standard InChI is InChI=1S/C29H35N5O4/c1-15-14-20(30-26-22(15)17(3)33-34(26)8)31-32-27(36)19-9-10-21(37-19)38-25-16(2)13-18-23(24(25)35)29(6,7)12-11-28(18,4)5/h9-10,13-14,35H,11-12H2,1-8H3,(H,30,31)(H,32,36). The molecule has 1 aromatic carbocycles. The number of nitrogens with zero attached hydrogens (tertiary/aromatic N) is 3. The van der Waals surface area contributed by atoms with Crippen LogP contribution in [-0.4, -0.2) is 25.8 Å². The smallest absolute Gasteiger partial charge is 0.305 e. The highest BCUT2D eigenvalue weighted by Crippen LogP contribution is 2.53. The van der Waals surface area contributed by atoms with Gasteiger partial charge >= 0.3 is 5.91 Å². The molecule has 3 heterocycles. The average molecular weight is 518 g/mol. The van der Waals surface area contributed by atoms with Crippen LogP contribution in [0, 0.1) is 20.8 Å². The second kappa shape index (κ2) is 8.79. The molecule has 1 aliphatic rings. The number of carbonyl (C=O) groups is 1. The molecule has 5 rings (SSSR count).